The molecule has 0 aliphatic rings. The number of carbonyl (C=O) groups excluding carboxylic acids is 1. The third-order valence-corrected chi connectivity index (χ3v) is 3.77. The van der Waals surface area contributed by atoms with Gasteiger partial charge in [-0.2, -0.15) is 0 Å². The maximum Gasteiger partial charge on any atom is 0.237 e. The molecular weight excluding hydrogens is 260 g/mol. The zero-order valence-electron chi connectivity index (χ0n) is 11.5. The van der Waals surface area contributed by atoms with Gasteiger partial charge in [0.15, 0.2) is 0 Å². The molecular formula is C14H20N2O2S. The largest absolute Gasteiger partial charge is 0.392 e. The summed E-state index contributed by atoms with van der Waals surface area (Å²) < 4.78 is 5.11. The highest BCUT2D eigenvalue weighted by molar-refractivity contribution is 7.80. The van der Waals surface area contributed by atoms with Crippen molar-refractivity contribution in [1.29, 1.82) is 0 Å². The van der Waals surface area contributed by atoms with Gasteiger partial charge in [-0.15, -0.1) is 0 Å². The van der Waals surface area contributed by atoms with Gasteiger partial charge in [0.25, 0.3) is 0 Å². The lowest BCUT2D eigenvalue weighted by Crippen LogP contribution is -2.43. The summed E-state index contributed by atoms with van der Waals surface area (Å²) in [7, 11) is 1.61. The van der Waals surface area contributed by atoms with E-state index in [1.807, 2.05) is 31.2 Å². The van der Waals surface area contributed by atoms with Crippen LogP contribution in [0.3, 0.4) is 0 Å². The second-order valence-electron chi connectivity index (χ2n) is 4.59. The molecule has 0 radical (unpaired) electrons. The highest BCUT2D eigenvalue weighted by atomic mass is 32.1. The van der Waals surface area contributed by atoms with Crippen molar-refractivity contribution in [1.82, 2.24) is 0 Å². The van der Waals surface area contributed by atoms with Gasteiger partial charge in [-0.25, -0.2) is 0 Å². The summed E-state index contributed by atoms with van der Waals surface area (Å²) in [6, 6.07) is 7.50. The Morgan fingerprint density at radius 2 is 2.11 bits per heavy atom. The molecule has 1 aromatic rings. The first-order valence-corrected chi connectivity index (χ1v) is 6.54. The highest BCUT2D eigenvalue weighted by Gasteiger charge is 2.34. The maximum atomic E-state index is 12.3. The molecule has 1 atom stereocenters. The Balaban J connectivity index is 2.96. The lowest BCUT2D eigenvalue weighted by molar-refractivity contribution is -0.121. The van der Waals surface area contributed by atoms with Crippen LogP contribution in [-0.4, -0.2) is 18.0 Å². The summed E-state index contributed by atoms with van der Waals surface area (Å²) in [5.74, 6) is -0.189. The fourth-order valence-electron chi connectivity index (χ4n) is 1.63. The zero-order chi connectivity index (χ0) is 14.5. The monoisotopic (exact) mass is 280 g/mol. The van der Waals surface area contributed by atoms with Crippen LogP contribution in [-0.2, 0) is 16.1 Å². The van der Waals surface area contributed by atoms with Gasteiger partial charge in [0.2, 0.25) is 5.91 Å². The smallest absolute Gasteiger partial charge is 0.237 e. The summed E-state index contributed by atoms with van der Waals surface area (Å²) >= 11 is 5.00. The molecule has 1 aromatic carbocycles. The summed E-state index contributed by atoms with van der Waals surface area (Å²) in [5.41, 5.74) is 6.48. The van der Waals surface area contributed by atoms with Crippen LogP contribution in [0.25, 0.3) is 0 Å². The van der Waals surface area contributed by atoms with Crippen molar-refractivity contribution in [2.45, 2.75) is 26.9 Å². The number of hydrogen-bond acceptors (Lipinski definition) is 3. The van der Waals surface area contributed by atoms with E-state index in [4.69, 9.17) is 22.7 Å². The van der Waals surface area contributed by atoms with Gasteiger partial charge in [0, 0.05) is 18.4 Å². The van der Waals surface area contributed by atoms with E-state index in [0.29, 0.717) is 13.0 Å². The van der Waals surface area contributed by atoms with Crippen molar-refractivity contribution in [3.8, 4) is 0 Å². The fourth-order valence-corrected chi connectivity index (χ4v) is 1.87. The molecule has 0 saturated heterocycles. The predicted molar refractivity (Wildman–Crippen MR) is 81.0 cm³/mol. The minimum Gasteiger partial charge on any atom is -0.392 e. The number of nitrogens with two attached hydrogens (primary N) is 1. The molecule has 0 spiro atoms. The van der Waals surface area contributed by atoms with Crippen LogP contribution in [0.4, 0.5) is 5.69 Å². The van der Waals surface area contributed by atoms with Crippen LogP contribution in [0.2, 0.25) is 0 Å². The van der Waals surface area contributed by atoms with Gasteiger partial charge in [-0.05, 0) is 19.4 Å². The molecule has 1 amide bonds. The number of ether oxygens (including phenoxy) is 1. The highest BCUT2D eigenvalue weighted by Crippen LogP contribution is 2.25. The number of anilines is 1. The van der Waals surface area contributed by atoms with E-state index in [2.05, 4.69) is 5.32 Å². The molecule has 0 aromatic heterocycles. The van der Waals surface area contributed by atoms with E-state index in [9.17, 15) is 4.79 Å². The first-order valence-electron chi connectivity index (χ1n) is 6.14. The molecule has 0 heterocycles. The number of amides is 1. The van der Waals surface area contributed by atoms with Gasteiger partial charge in [0.05, 0.1) is 17.0 Å². The molecule has 0 aliphatic carbocycles. The minimum atomic E-state index is -0.838. The molecule has 0 saturated carbocycles. The maximum absolute atomic E-state index is 12.3. The lowest BCUT2D eigenvalue weighted by Gasteiger charge is -2.26. The number of thiocarbonyl (C=S) groups is 1. The predicted octanol–water partition coefficient (Wildman–Crippen LogP) is 2.47. The number of benzene rings is 1. The van der Waals surface area contributed by atoms with Gasteiger partial charge in [-0.3, -0.25) is 4.79 Å². The Labute approximate surface area is 119 Å². The lowest BCUT2D eigenvalue weighted by atomic mass is 9.86. The Morgan fingerprint density at radius 3 is 2.63 bits per heavy atom. The van der Waals surface area contributed by atoms with Gasteiger partial charge < -0.3 is 15.8 Å². The van der Waals surface area contributed by atoms with Crippen molar-refractivity contribution >= 4 is 28.8 Å². The molecule has 0 fully saturated rings. The normalized spacial score (nSPS) is 13.6. The van der Waals surface area contributed by atoms with E-state index >= 15 is 0 Å². The van der Waals surface area contributed by atoms with Crippen LogP contribution >= 0.6 is 12.2 Å². The molecule has 0 aliphatic heterocycles. The van der Waals surface area contributed by atoms with Gasteiger partial charge in [0.1, 0.15) is 0 Å². The van der Waals surface area contributed by atoms with Crippen LogP contribution < -0.4 is 11.1 Å². The number of carbonyl (C=O) groups is 1. The summed E-state index contributed by atoms with van der Waals surface area (Å²) in [6.45, 7) is 4.08. The Bertz CT molecular complexity index is 476. The van der Waals surface area contributed by atoms with E-state index in [1.54, 1.807) is 14.0 Å². The molecule has 3 N–H and O–H groups in total. The van der Waals surface area contributed by atoms with Crippen LogP contribution in [0, 0.1) is 5.41 Å². The number of methoxy groups -OCH3 is 1. The zero-order valence-corrected chi connectivity index (χ0v) is 12.3. The molecule has 1 unspecified atom stereocenters. The molecule has 4 nitrogen and oxygen atoms in total. The number of hydrogen-bond donors (Lipinski definition) is 2. The third kappa shape index (κ3) is 3.52. The third-order valence-electron chi connectivity index (χ3n) is 3.32. The average molecular weight is 280 g/mol. The van der Waals surface area contributed by atoms with Crippen LogP contribution in [0.5, 0.6) is 0 Å². The number of nitrogens with one attached hydrogen (secondary N) is 1. The van der Waals surface area contributed by atoms with E-state index in [-0.39, 0.29) is 10.9 Å². The van der Waals surface area contributed by atoms with E-state index in [0.717, 1.165) is 11.3 Å². The average Bonchev–Trinajstić information content (AvgIpc) is 2.39. The Morgan fingerprint density at radius 1 is 1.47 bits per heavy atom. The number of rotatable bonds is 6. The SMILES string of the molecule is CCC(C)(C(=O)Nc1ccccc1COC)C(N)=S. The van der Waals surface area contributed by atoms with Crippen molar-refractivity contribution in [2.75, 3.05) is 12.4 Å². The van der Waals surface area contributed by atoms with Crippen molar-refractivity contribution in [3.63, 3.8) is 0 Å². The minimum absolute atomic E-state index is 0.189. The fraction of sp³-hybridized carbons (Fsp3) is 0.429. The number of para-hydroxylation sites is 1. The second-order valence-corrected chi connectivity index (χ2v) is 5.03. The van der Waals surface area contributed by atoms with E-state index in [1.165, 1.54) is 0 Å². The topological polar surface area (TPSA) is 64.3 Å². The molecule has 1 rings (SSSR count). The van der Waals surface area contributed by atoms with Crippen LogP contribution in [0.1, 0.15) is 25.8 Å². The van der Waals surface area contributed by atoms with Crippen molar-refractivity contribution in [2.24, 2.45) is 11.1 Å². The Hall–Kier alpha value is -1.46. The molecule has 0 bridgehead atoms. The molecule has 19 heavy (non-hydrogen) atoms. The summed E-state index contributed by atoms with van der Waals surface area (Å²) in [6.07, 6.45) is 0.556. The second kappa shape index (κ2) is 6.63. The summed E-state index contributed by atoms with van der Waals surface area (Å²) in [5, 5.41) is 2.88. The van der Waals surface area contributed by atoms with Gasteiger partial charge in [-0.1, -0.05) is 37.3 Å². The standard InChI is InChI=1S/C14H20N2O2S/c1-4-14(2,12(15)19)13(17)16-11-8-6-5-7-10(11)9-18-3/h5-8H,4,9H2,1-3H3,(H2,15,19)(H,16,17). The summed E-state index contributed by atoms with van der Waals surface area (Å²) in [4.78, 5) is 12.5. The first-order chi connectivity index (χ1) is 8.95. The molecule has 104 valence electrons. The Kier molecular flexibility index (Phi) is 5.44. The van der Waals surface area contributed by atoms with Crippen molar-refractivity contribution < 1.29 is 9.53 Å². The van der Waals surface area contributed by atoms with E-state index < -0.39 is 5.41 Å². The quantitative estimate of drug-likeness (QED) is 0.786. The van der Waals surface area contributed by atoms with Gasteiger partial charge >= 0.3 is 0 Å². The molecule has 5 heteroatoms. The van der Waals surface area contributed by atoms with Crippen LogP contribution in [0.15, 0.2) is 24.3 Å². The van der Waals surface area contributed by atoms with Crippen molar-refractivity contribution in [3.05, 3.63) is 29.8 Å². The first kappa shape index (κ1) is 15.6.